The van der Waals surface area contributed by atoms with Crippen molar-refractivity contribution in [1.29, 1.82) is 0 Å². The summed E-state index contributed by atoms with van der Waals surface area (Å²) in [4.78, 5) is 5.81. The number of thiazole rings is 1. The molecule has 2 aromatic heterocycles. The summed E-state index contributed by atoms with van der Waals surface area (Å²) in [7, 11) is 2.09. The van der Waals surface area contributed by atoms with Crippen LogP contribution in [-0.4, -0.2) is 22.5 Å². The number of likely N-dealkylation sites (N-methyl/N-ethyl adjacent to an activating group) is 1. The Balaban J connectivity index is 1.60. The molecule has 1 fully saturated rings. The van der Waals surface area contributed by atoms with Crippen LogP contribution < -0.4 is 5.32 Å². The first-order valence-electron chi connectivity index (χ1n) is 7.43. The summed E-state index contributed by atoms with van der Waals surface area (Å²) in [6, 6.07) is 0.577. The topological polar surface area (TPSA) is 29.3 Å². The molecule has 2 aromatic rings. The van der Waals surface area contributed by atoms with Gasteiger partial charge in [-0.1, -0.05) is 32.1 Å². The maximum absolute atomic E-state index is 4.70. The highest BCUT2D eigenvalue weighted by Gasteiger charge is 2.19. The molecular formula is C15H23N3S. The summed E-state index contributed by atoms with van der Waals surface area (Å²) in [5.74, 6) is 0.926. The third-order valence-corrected chi connectivity index (χ3v) is 5.12. The maximum atomic E-state index is 4.70. The van der Waals surface area contributed by atoms with Crippen LogP contribution in [0.5, 0.6) is 0 Å². The molecular weight excluding hydrogens is 254 g/mol. The molecule has 2 heterocycles. The number of nitrogens with zero attached hydrogens (tertiary/aromatic N) is 2. The molecule has 1 aliphatic carbocycles. The van der Waals surface area contributed by atoms with Crippen LogP contribution >= 0.6 is 11.3 Å². The average molecular weight is 277 g/mol. The van der Waals surface area contributed by atoms with Crippen molar-refractivity contribution in [3.8, 4) is 0 Å². The standard InChI is InChI=1S/C15H23N3S/c1-16-13(9-12-5-3-2-4-6-12)10-14-11-18-7-8-19-15(18)17-14/h7-8,11-13,16H,2-6,9-10H2,1H3. The first-order chi connectivity index (χ1) is 9.35. The Bertz CT molecular complexity index is 482. The van der Waals surface area contributed by atoms with E-state index < -0.39 is 0 Å². The van der Waals surface area contributed by atoms with Gasteiger partial charge in [-0.3, -0.25) is 4.40 Å². The van der Waals surface area contributed by atoms with Crippen molar-refractivity contribution in [1.82, 2.24) is 14.7 Å². The van der Waals surface area contributed by atoms with Crippen molar-refractivity contribution in [3.05, 3.63) is 23.5 Å². The minimum atomic E-state index is 0.577. The van der Waals surface area contributed by atoms with Gasteiger partial charge in [0, 0.05) is 30.2 Å². The molecule has 104 valence electrons. The number of fused-ring (bicyclic) bond motifs is 1. The van der Waals surface area contributed by atoms with Crippen LogP contribution in [0.1, 0.15) is 44.2 Å². The molecule has 0 radical (unpaired) electrons. The number of nitrogens with one attached hydrogen (secondary N) is 1. The second kappa shape index (κ2) is 6.06. The van der Waals surface area contributed by atoms with E-state index in [0.29, 0.717) is 6.04 Å². The summed E-state index contributed by atoms with van der Waals surface area (Å²) in [5, 5.41) is 5.58. The van der Waals surface area contributed by atoms with Crippen molar-refractivity contribution < 1.29 is 0 Å². The molecule has 4 heteroatoms. The molecule has 19 heavy (non-hydrogen) atoms. The van der Waals surface area contributed by atoms with Gasteiger partial charge >= 0.3 is 0 Å². The second-order valence-electron chi connectivity index (χ2n) is 5.75. The number of rotatable bonds is 5. The fourth-order valence-electron chi connectivity index (χ4n) is 3.26. The monoisotopic (exact) mass is 277 g/mol. The molecule has 3 nitrogen and oxygen atoms in total. The van der Waals surface area contributed by atoms with Gasteiger partial charge in [0.05, 0.1) is 5.69 Å². The smallest absolute Gasteiger partial charge is 0.193 e. The van der Waals surface area contributed by atoms with Gasteiger partial charge < -0.3 is 5.32 Å². The van der Waals surface area contributed by atoms with E-state index in [2.05, 4.69) is 34.5 Å². The predicted molar refractivity (Wildman–Crippen MR) is 80.8 cm³/mol. The Morgan fingerprint density at radius 1 is 1.42 bits per heavy atom. The number of hydrogen-bond donors (Lipinski definition) is 1. The van der Waals surface area contributed by atoms with Crippen LogP contribution in [0, 0.1) is 5.92 Å². The van der Waals surface area contributed by atoms with Crippen LogP contribution in [0.25, 0.3) is 4.96 Å². The molecule has 1 aliphatic rings. The van der Waals surface area contributed by atoms with Crippen molar-refractivity contribution in [2.75, 3.05) is 7.05 Å². The van der Waals surface area contributed by atoms with E-state index in [4.69, 9.17) is 4.98 Å². The van der Waals surface area contributed by atoms with E-state index in [9.17, 15) is 0 Å². The number of imidazole rings is 1. The Hall–Kier alpha value is -0.870. The number of aromatic nitrogens is 2. The first kappa shape index (κ1) is 13.1. The van der Waals surface area contributed by atoms with E-state index >= 15 is 0 Å². The molecule has 1 unspecified atom stereocenters. The minimum Gasteiger partial charge on any atom is -0.317 e. The van der Waals surface area contributed by atoms with Crippen molar-refractivity contribution in [3.63, 3.8) is 0 Å². The summed E-state index contributed by atoms with van der Waals surface area (Å²) in [6.07, 6.45) is 13.8. The van der Waals surface area contributed by atoms with Crippen molar-refractivity contribution in [2.45, 2.75) is 51.0 Å². The quantitative estimate of drug-likeness (QED) is 0.906. The van der Waals surface area contributed by atoms with Gasteiger partial charge in [-0.2, -0.15) is 0 Å². The van der Waals surface area contributed by atoms with Gasteiger partial charge in [-0.15, -0.1) is 11.3 Å². The molecule has 0 bridgehead atoms. The third-order valence-electron chi connectivity index (χ3n) is 4.35. The van der Waals surface area contributed by atoms with E-state index in [-0.39, 0.29) is 0 Å². The Labute approximate surface area is 119 Å². The zero-order valence-corrected chi connectivity index (χ0v) is 12.5. The van der Waals surface area contributed by atoms with Crippen LogP contribution in [0.3, 0.4) is 0 Å². The van der Waals surface area contributed by atoms with Gasteiger partial charge in [-0.05, 0) is 19.4 Å². The van der Waals surface area contributed by atoms with Crippen LogP contribution in [0.2, 0.25) is 0 Å². The highest BCUT2D eigenvalue weighted by Crippen LogP contribution is 2.28. The highest BCUT2D eigenvalue weighted by atomic mass is 32.1. The largest absolute Gasteiger partial charge is 0.317 e. The van der Waals surface area contributed by atoms with Crippen LogP contribution in [-0.2, 0) is 6.42 Å². The van der Waals surface area contributed by atoms with Gasteiger partial charge in [0.1, 0.15) is 0 Å². The Kier molecular flexibility index (Phi) is 4.18. The molecule has 0 spiro atoms. The maximum Gasteiger partial charge on any atom is 0.193 e. The molecule has 1 atom stereocenters. The zero-order valence-electron chi connectivity index (χ0n) is 11.6. The summed E-state index contributed by atoms with van der Waals surface area (Å²) < 4.78 is 2.13. The van der Waals surface area contributed by atoms with Crippen molar-refractivity contribution >= 4 is 16.3 Å². The van der Waals surface area contributed by atoms with Gasteiger partial charge in [0.25, 0.3) is 0 Å². The molecule has 0 amide bonds. The lowest BCUT2D eigenvalue weighted by atomic mass is 9.84. The fourth-order valence-corrected chi connectivity index (χ4v) is 3.97. The van der Waals surface area contributed by atoms with Crippen molar-refractivity contribution in [2.24, 2.45) is 5.92 Å². The van der Waals surface area contributed by atoms with E-state index in [1.54, 1.807) is 11.3 Å². The average Bonchev–Trinajstić information content (AvgIpc) is 3.00. The molecule has 0 saturated heterocycles. The molecule has 0 aliphatic heterocycles. The second-order valence-corrected chi connectivity index (χ2v) is 6.63. The van der Waals surface area contributed by atoms with E-state index in [1.807, 2.05) is 0 Å². The molecule has 1 saturated carbocycles. The lowest BCUT2D eigenvalue weighted by molar-refractivity contribution is 0.302. The van der Waals surface area contributed by atoms with Gasteiger partial charge in [-0.25, -0.2) is 4.98 Å². The minimum absolute atomic E-state index is 0.577. The van der Waals surface area contributed by atoms with E-state index in [0.717, 1.165) is 17.3 Å². The molecule has 1 N–H and O–H groups in total. The third kappa shape index (κ3) is 3.18. The SMILES string of the molecule is CNC(Cc1cn2ccsc2n1)CC1CCCCC1. The summed E-state index contributed by atoms with van der Waals surface area (Å²) in [5.41, 5.74) is 1.22. The zero-order chi connectivity index (χ0) is 13.1. The highest BCUT2D eigenvalue weighted by molar-refractivity contribution is 7.15. The normalized spacial score (nSPS) is 19.0. The Morgan fingerprint density at radius 2 is 2.26 bits per heavy atom. The summed E-state index contributed by atoms with van der Waals surface area (Å²) >= 11 is 1.71. The molecule has 3 rings (SSSR count). The first-order valence-corrected chi connectivity index (χ1v) is 8.31. The Morgan fingerprint density at radius 3 is 3.00 bits per heavy atom. The van der Waals surface area contributed by atoms with E-state index in [1.165, 1.54) is 44.2 Å². The van der Waals surface area contributed by atoms with Crippen LogP contribution in [0.4, 0.5) is 0 Å². The lowest BCUT2D eigenvalue weighted by Gasteiger charge is -2.26. The predicted octanol–water partition coefficient (Wildman–Crippen LogP) is 3.50. The summed E-state index contributed by atoms with van der Waals surface area (Å²) in [6.45, 7) is 0. The molecule has 0 aromatic carbocycles. The van der Waals surface area contributed by atoms with Gasteiger partial charge in [0.2, 0.25) is 0 Å². The van der Waals surface area contributed by atoms with Crippen LogP contribution in [0.15, 0.2) is 17.8 Å². The fraction of sp³-hybridized carbons (Fsp3) is 0.667. The lowest BCUT2D eigenvalue weighted by Crippen LogP contribution is -2.30. The van der Waals surface area contributed by atoms with Gasteiger partial charge in [0.15, 0.2) is 4.96 Å². The number of hydrogen-bond acceptors (Lipinski definition) is 3.